The summed E-state index contributed by atoms with van der Waals surface area (Å²) >= 11 is 0. The molecule has 0 saturated heterocycles. The lowest BCUT2D eigenvalue weighted by Crippen LogP contribution is -2.29. The first kappa shape index (κ1) is 19.9. The van der Waals surface area contributed by atoms with E-state index in [-0.39, 0.29) is 5.78 Å². The van der Waals surface area contributed by atoms with E-state index in [1.165, 1.54) is 19.9 Å². The smallest absolute Gasteiger partial charge is 0.331 e. The second kappa shape index (κ2) is 9.33. The summed E-state index contributed by atoms with van der Waals surface area (Å²) < 4.78 is 10.3. The monoisotopic (exact) mass is 367 g/mol. The Kier molecular flexibility index (Phi) is 6.88. The van der Waals surface area contributed by atoms with Crippen LogP contribution in [0, 0.1) is 0 Å². The van der Waals surface area contributed by atoms with E-state index in [2.05, 4.69) is 5.32 Å². The molecule has 0 bridgehead atoms. The molecule has 6 nitrogen and oxygen atoms in total. The molecule has 1 amide bonds. The van der Waals surface area contributed by atoms with E-state index in [1.54, 1.807) is 49.6 Å². The largest absolute Gasteiger partial charge is 0.496 e. The van der Waals surface area contributed by atoms with Gasteiger partial charge in [0.1, 0.15) is 5.75 Å². The molecule has 0 unspecified atom stereocenters. The molecule has 1 atom stereocenters. The Labute approximate surface area is 157 Å². The number of esters is 1. The zero-order chi connectivity index (χ0) is 19.8. The number of methoxy groups -OCH3 is 1. The van der Waals surface area contributed by atoms with E-state index >= 15 is 0 Å². The number of carbonyl (C=O) groups excluding carboxylic acids is 3. The minimum atomic E-state index is -0.979. The number of para-hydroxylation sites is 1. The molecule has 140 valence electrons. The van der Waals surface area contributed by atoms with Gasteiger partial charge in [-0.05, 0) is 50.3 Å². The van der Waals surface area contributed by atoms with Gasteiger partial charge in [-0.2, -0.15) is 0 Å². The molecule has 1 N–H and O–H groups in total. The zero-order valence-electron chi connectivity index (χ0n) is 15.4. The van der Waals surface area contributed by atoms with Gasteiger partial charge in [-0.1, -0.05) is 18.2 Å². The lowest BCUT2D eigenvalue weighted by molar-refractivity contribution is -0.148. The SMILES string of the molecule is COc1ccccc1/C=C/C(=O)O[C@H](C)C(=O)Nc1ccc(C(C)=O)cc1. The van der Waals surface area contributed by atoms with E-state index in [0.29, 0.717) is 17.0 Å². The lowest BCUT2D eigenvalue weighted by Gasteiger charge is -2.12. The Balaban J connectivity index is 1.92. The highest BCUT2D eigenvalue weighted by Crippen LogP contribution is 2.18. The molecule has 2 aromatic carbocycles. The minimum Gasteiger partial charge on any atom is -0.496 e. The van der Waals surface area contributed by atoms with Crippen molar-refractivity contribution in [2.24, 2.45) is 0 Å². The summed E-state index contributed by atoms with van der Waals surface area (Å²) in [5, 5.41) is 2.63. The van der Waals surface area contributed by atoms with Gasteiger partial charge in [-0.3, -0.25) is 9.59 Å². The number of hydrogen-bond acceptors (Lipinski definition) is 5. The Hall–Kier alpha value is -3.41. The summed E-state index contributed by atoms with van der Waals surface area (Å²) in [6, 6.07) is 13.7. The molecule has 0 fully saturated rings. The highest BCUT2D eigenvalue weighted by molar-refractivity contribution is 5.98. The number of Topliss-reactive ketones (excluding diaryl/α,β-unsaturated/α-hetero) is 1. The van der Waals surface area contributed by atoms with Gasteiger partial charge in [0.2, 0.25) is 0 Å². The number of carbonyl (C=O) groups is 3. The van der Waals surface area contributed by atoms with Gasteiger partial charge in [-0.25, -0.2) is 4.79 Å². The minimum absolute atomic E-state index is 0.0583. The Morgan fingerprint density at radius 3 is 2.33 bits per heavy atom. The van der Waals surface area contributed by atoms with Crippen molar-refractivity contribution in [1.82, 2.24) is 0 Å². The molecule has 27 heavy (non-hydrogen) atoms. The molecule has 0 saturated carbocycles. The number of nitrogens with one attached hydrogen (secondary N) is 1. The maximum atomic E-state index is 12.1. The molecule has 0 aliphatic carbocycles. The van der Waals surface area contributed by atoms with Crippen molar-refractivity contribution in [3.8, 4) is 5.75 Å². The number of benzene rings is 2. The van der Waals surface area contributed by atoms with Crippen LogP contribution in [0.2, 0.25) is 0 Å². The Morgan fingerprint density at radius 1 is 1.04 bits per heavy atom. The van der Waals surface area contributed by atoms with E-state index in [9.17, 15) is 14.4 Å². The van der Waals surface area contributed by atoms with Crippen LogP contribution in [-0.4, -0.2) is 30.9 Å². The lowest BCUT2D eigenvalue weighted by atomic mass is 10.1. The molecule has 2 rings (SSSR count). The number of amides is 1. The topological polar surface area (TPSA) is 81.7 Å². The van der Waals surface area contributed by atoms with Crippen molar-refractivity contribution in [3.63, 3.8) is 0 Å². The molecular formula is C21H21NO5. The Bertz CT molecular complexity index is 855. The second-order valence-electron chi connectivity index (χ2n) is 5.78. The molecule has 0 aliphatic heterocycles. The van der Waals surface area contributed by atoms with Crippen LogP contribution in [0.5, 0.6) is 5.75 Å². The predicted molar refractivity (Wildman–Crippen MR) is 103 cm³/mol. The van der Waals surface area contributed by atoms with E-state index < -0.39 is 18.0 Å². The van der Waals surface area contributed by atoms with Crippen LogP contribution in [0.25, 0.3) is 6.08 Å². The highest BCUT2D eigenvalue weighted by Gasteiger charge is 2.16. The number of ether oxygens (including phenoxy) is 2. The van der Waals surface area contributed by atoms with Crippen LogP contribution in [0.4, 0.5) is 5.69 Å². The van der Waals surface area contributed by atoms with E-state index in [4.69, 9.17) is 9.47 Å². The number of rotatable bonds is 7. The Morgan fingerprint density at radius 2 is 1.70 bits per heavy atom. The third kappa shape index (κ3) is 5.81. The van der Waals surface area contributed by atoms with Crippen LogP contribution in [0.3, 0.4) is 0 Å². The summed E-state index contributed by atoms with van der Waals surface area (Å²) in [6.45, 7) is 2.95. The van der Waals surface area contributed by atoms with Gasteiger partial charge in [0.25, 0.3) is 5.91 Å². The van der Waals surface area contributed by atoms with Crippen molar-refractivity contribution in [1.29, 1.82) is 0 Å². The summed E-state index contributed by atoms with van der Waals surface area (Å²) in [5.41, 5.74) is 1.78. The van der Waals surface area contributed by atoms with Crippen LogP contribution in [0.15, 0.2) is 54.6 Å². The fraction of sp³-hybridized carbons (Fsp3) is 0.190. The first-order valence-corrected chi connectivity index (χ1v) is 8.34. The maximum Gasteiger partial charge on any atom is 0.331 e. The summed E-state index contributed by atoms with van der Waals surface area (Å²) in [4.78, 5) is 35.3. The molecule has 2 aromatic rings. The standard InChI is InChI=1S/C21H21NO5/c1-14(23)16-8-11-18(12-9-16)22-21(25)15(2)27-20(24)13-10-17-6-4-5-7-19(17)26-3/h4-13,15H,1-3H3,(H,22,25)/b13-10+/t15-/m1/s1. The third-order valence-electron chi connectivity index (χ3n) is 3.76. The van der Waals surface area contributed by atoms with Crippen molar-refractivity contribution >= 4 is 29.4 Å². The molecule has 6 heteroatoms. The summed E-state index contributed by atoms with van der Waals surface area (Å²) in [7, 11) is 1.54. The van der Waals surface area contributed by atoms with Gasteiger partial charge < -0.3 is 14.8 Å². The van der Waals surface area contributed by atoms with Gasteiger partial charge in [-0.15, -0.1) is 0 Å². The van der Waals surface area contributed by atoms with Crippen LogP contribution in [0.1, 0.15) is 29.8 Å². The molecular weight excluding hydrogens is 346 g/mol. The second-order valence-corrected chi connectivity index (χ2v) is 5.78. The van der Waals surface area contributed by atoms with Crippen molar-refractivity contribution in [3.05, 3.63) is 65.7 Å². The highest BCUT2D eigenvalue weighted by atomic mass is 16.5. The number of anilines is 1. The molecule has 0 radical (unpaired) electrons. The quantitative estimate of drug-likeness (QED) is 0.460. The number of hydrogen-bond donors (Lipinski definition) is 1. The van der Waals surface area contributed by atoms with Gasteiger partial charge in [0, 0.05) is 22.9 Å². The first-order valence-electron chi connectivity index (χ1n) is 8.34. The fourth-order valence-corrected chi connectivity index (χ4v) is 2.26. The average Bonchev–Trinajstić information content (AvgIpc) is 2.66. The molecule has 0 aromatic heterocycles. The summed E-state index contributed by atoms with van der Waals surface area (Å²) in [5.74, 6) is -0.543. The summed E-state index contributed by atoms with van der Waals surface area (Å²) in [6.07, 6.45) is 1.82. The first-order chi connectivity index (χ1) is 12.9. The average molecular weight is 367 g/mol. The van der Waals surface area contributed by atoms with Gasteiger partial charge in [0.05, 0.1) is 7.11 Å². The van der Waals surface area contributed by atoms with E-state index in [1.807, 2.05) is 12.1 Å². The molecule has 0 aliphatic rings. The molecule has 0 heterocycles. The number of ketones is 1. The van der Waals surface area contributed by atoms with Crippen LogP contribution >= 0.6 is 0 Å². The van der Waals surface area contributed by atoms with Crippen molar-refractivity contribution in [2.45, 2.75) is 20.0 Å². The molecule has 0 spiro atoms. The third-order valence-corrected chi connectivity index (χ3v) is 3.76. The van der Waals surface area contributed by atoms with Crippen LogP contribution in [-0.2, 0) is 14.3 Å². The van der Waals surface area contributed by atoms with Crippen LogP contribution < -0.4 is 10.1 Å². The normalized spacial score (nSPS) is 11.7. The van der Waals surface area contributed by atoms with Gasteiger partial charge in [0.15, 0.2) is 11.9 Å². The predicted octanol–water partition coefficient (Wildman–Crippen LogP) is 3.48. The fourth-order valence-electron chi connectivity index (χ4n) is 2.26. The van der Waals surface area contributed by atoms with E-state index in [0.717, 1.165) is 5.56 Å². The van der Waals surface area contributed by atoms with Crippen molar-refractivity contribution < 1.29 is 23.9 Å². The zero-order valence-corrected chi connectivity index (χ0v) is 15.4. The maximum absolute atomic E-state index is 12.1. The van der Waals surface area contributed by atoms with Gasteiger partial charge >= 0.3 is 5.97 Å². The van der Waals surface area contributed by atoms with Crippen molar-refractivity contribution in [2.75, 3.05) is 12.4 Å².